The van der Waals surface area contributed by atoms with E-state index in [1.54, 1.807) is 24.0 Å². The molecule has 0 saturated carbocycles. The zero-order valence-electron chi connectivity index (χ0n) is 9.51. The first-order chi connectivity index (χ1) is 8.65. The standard InChI is InChI=1S/C12H9FN4O/c1-17-10(4-5-14-17)11-8-6-7(13)2-3-9(8)15-12(18)16-11/h2-6H,1H3,(H,15,16,18). The third-order valence-electron chi connectivity index (χ3n) is 2.76. The lowest BCUT2D eigenvalue weighted by atomic mass is 10.1. The molecule has 6 heteroatoms. The number of rotatable bonds is 1. The minimum atomic E-state index is -0.467. The molecule has 0 bridgehead atoms. The van der Waals surface area contributed by atoms with Gasteiger partial charge in [0.05, 0.1) is 11.2 Å². The van der Waals surface area contributed by atoms with E-state index < -0.39 is 5.69 Å². The molecule has 2 aromatic heterocycles. The molecule has 90 valence electrons. The SMILES string of the molecule is Cn1nccc1-c1nc(=O)[nH]c2ccc(F)cc12. The van der Waals surface area contributed by atoms with E-state index in [-0.39, 0.29) is 5.82 Å². The Morgan fingerprint density at radius 1 is 1.33 bits per heavy atom. The van der Waals surface area contributed by atoms with Crippen molar-refractivity contribution in [2.75, 3.05) is 0 Å². The van der Waals surface area contributed by atoms with Gasteiger partial charge in [-0.05, 0) is 24.3 Å². The van der Waals surface area contributed by atoms with Crippen molar-refractivity contribution in [3.63, 3.8) is 0 Å². The van der Waals surface area contributed by atoms with Crippen molar-refractivity contribution >= 4 is 10.9 Å². The number of aromatic amines is 1. The maximum atomic E-state index is 13.3. The van der Waals surface area contributed by atoms with Crippen LogP contribution in [0.5, 0.6) is 0 Å². The number of hydrogen-bond acceptors (Lipinski definition) is 3. The third kappa shape index (κ3) is 1.58. The van der Waals surface area contributed by atoms with Crippen LogP contribution in [0.1, 0.15) is 0 Å². The molecule has 1 aromatic carbocycles. The van der Waals surface area contributed by atoms with Crippen LogP contribution >= 0.6 is 0 Å². The topological polar surface area (TPSA) is 63.6 Å². The lowest BCUT2D eigenvalue weighted by molar-refractivity contribution is 0.629. The highest BCUT2D eigenvalue weighted by Gasteiger charge is 2.11. The molecule has 0 unspecified atom stereocenters. The summed E-state index contributed by atoms with van der Waals surface area (Å²) >= 11 is 0. The van der Waals surface area contributed by atoms with Crippen LogP contribution in [-0.2, 0) is 7.05 Å². The molecule has 0 saturated heterocycles. The van der Waals surface area contributed by atoms with E-state index in [2.05, 4.69) is 15.1 Å². The molecule has 0 aliphatic rings. The highest BCUT2D eigenvalue weighted by atomic mass is 19.1. The fourth-order valence-electron chi connectivity index (χ4n) is 1.93. The average Bonchev–Trinajstić information content (AvgIpc) is 2.75. The van der Waals surface area contributed by atoms with E-state index >= 15 is 0 Å². The second kappa shape index (κ2) is 3.76. The van der Waals surface area contributed by atoms with Crippen molar-refractivity contribution in [3.05, 3.63) is 46.8 Å². The summed E-state index contributed by atoms with van der Waals surface area (Å²) in [5, 5.41) is 4.58. The summed E-state index contributed by atoms with van der Waals surface area (Å²) in [6.45, 7) is 0. The smallest absolute Gasteiger partial charge is 0.305 e. The lowest BCUT2D eigenvalue weighted by Gasteiger charge is -2.05. The van der Waals surface area contributed by atoms with Gasteiger partial charge in [-0.1, -0.05) is 0 Å². The van der Waals surface area contributed by atoms with Gasteiger partial charge in [0.2, 0.25) is 0 Å². The first-order valence-electron chi connectivity index (χ1n) is 5.33. The molecule has 0 spiro atoms. The highest BCUT2D eigenvalue weighted by molar-refractivity contribution is 5.91. The second-order valence-corrected chi connectivity index (χ2v) is 3.92. The quantitative estimate of drug-likeness (QED) is 0.704. The monoisotopic (exact) mass is 244 g/mol. The Bertz CT molecular complexity index is 790. The van der Waals surface area contributed by atoms with Crippen molar-refractivity contribution in [3.8, 4) is 11.4 Å². The van der Waals surface area contributed by atoms with E-state index in [4.69, 9.17) is 0 Å². The van der Waals surface area contributed by atoms with E-state index in [1.807, 2.05) is 0 Å². The molecule has 0 fully saturated rings. The summed E-state index contributed by atoms with van der Waals surface area (Å²) in [7, 11) is 1.74. The molecule has 1 N–H and O–H groups in total. The Balaban J connectivity index is 2.44. The molecule has 2 heterocycles. The molecular weight excluding hydrogens is 235 g/mol. The van der Waals surface area contributed by atoms with Crippen LogP contribution in [0.15, 0.2) is 35.3 Å². The number of aromatic nitrogens is 4. The minimum absolute atomic E-state index is 0.375. The van der Waals surface area contributed by atoms with Crippen molar-refractivity contribution in [2.24, 2.45) is 7.05 Å². The maximum Gasteiger partial charge on any atom is 0.346 e. The van der Waals surface area contributed by atoms with Crippen LogP contribution in [0, 0.1) is 5.82 Å². The molecule has 0 amide bonds. The predicted octanol–water partition coefficient (Wildman–Crippen LogP) is 1.46. The van der Waals surface area contributed by atoms with Crippen LogP contribution in [0.3, 0.4) is 0 Å². The summed E-state index contributed by atoms with van der Waals surface area (Å²) in [6.07, 6.45) is 1.60. The Labute approximate surface area is 101 Å². The van der Waals surface area contributed by atoms with Gasteiger partial charge in [-0.25, -0.2) is 9.18 Å². The molecule has 3 rings (SSSR count). The highest BCUT2D eigenvalue weighted by Crippen LogP contribution is 2.24. The molecule has 0 aliphatic heterocycles. The van der Waals surface area contributed by atoms with Crippen molar-refractivity contribution < 1.29 is 4.39 Å². The number of fused-ring (bicyclic) bond motifs is 1. The third-order valence-corrected chi connectivity index (χ3v) is 2.76. The van der Waals surface area contributed by atoms with Gasteiger partial charge in [-0.15, -0.1) is 0 Å². The van der Waals surface area contributed by atoms with Crippen molar-refractivity contribution in [1.82, 2.24) is 19.7 Å². The fourth-order valence-corrected chi connectivity index (χ4v) is 1.93. The van der Waals surface area contributed by atoms with Crippen LogP contribution < -0.4 is 5.69 Å². The van der Waals surface area contributed by atoms with Crippen LogP contribution in [0.25, 0.3) is 22.3 Å². The number of halogens is 1. The van der Waals surface area contributed by atoms with E-state index in [0.717, 1.165) is 0 Å². The second-order valence-electron chi connectivity index (χ2n) is 3.92. The molecule has 0 radical (unpaired) electrons. The van der Waals surface area contributed by atoms with Crippen LogP contribution in [0.4, 0.5) is 4.39 Å². The van der Waals surface area contributed by atoms with Gasteiger partial charge >= 0.3 is 5.69 Å². The Kier molecular flexibility index (Phi) is 2.22. The zero-order valence-corrected chi connectivity index (χ0v) is 9.51. The normalized spacial score (nSPS) is 11.0. The van der Waals surface area contributed by atoms with Crippen LogP contribution in [0.2, 0.25) is 0 Å². The van der Waals surface area contributed by atoms with Gasteiger partial charge < -0.3 is 4.98 Å². The van der Waals surface area contributed by atoms with Crippen LogP contribution in [-0.4, -0.2) is 19.7 Å². The van der Waals surface area contributed by atoms with E-state index in [9.17, 15) is 9.18 Å². The predicted molar refractivity (Wildman–Crippen MR) is 64.5 cm³/mol. The lowest BCUT2D eigenvalue weighted by Crippen LogP contribution is -2.12. The number of hydrogen-bond donors (Lipinski definition) is 1. The molecular formula is C12H9FN4O. The summed E-state index contributed by atoms with van der Waals surface area (Å²) in [6, 6.07) is 5.89. The number of H-pyrrole nitrogens is 1. The molecule has 18 heavy (non-hydrogen) atoms. The number of benzene rings is 1. The fraction of sp³-hybridized carbons (Fsp3) is 0.0833. The molecule has 3 aromatic rings. The van der Waals surface area contributed by atoms with E-state index in [0.29, 0.717) is 22.3 Å². The van der Waals surface area contributed by atoms with Gasteiger partial charge in [0, 0.05) is 18.6 Å². The van der Waals surface area contributed by atoms with E-state index in [1.165, 1.54) is 18.2 Å². The number of nitrogens with one attached hydrogen (secondary N) is 1. The minimum Gasteiger partial charge on any atom is -0.305 e. The van der Waals surface area contributed by atoms with Gasteiger partial charge in [0.25, 0.3) is 0 Å². The summed E-state index contributed by atoms with van der Waals surface area (Å²) in [5.74, 6) is -0.375. The summed E-state index contributed by atoms with van der Waals surface area (Å²) < 4.78 is 14.9. The summed E-state index contributed by atoms with van der Waals surface area (Å²) in [5.41, 5.74) is 1.17. The Morgan fingerprint density at radius 2 is 2.17 bits per heavy atom. The summed E-state index contributed by atoms with van der Waals surface area (Å²) in [4.78, 5) is 18.0. The molecule has 0 aliphatic carbocycles. The molecule has 5 nitrogen and oxygen atoms in total. The Morgan fingerprint density at radius 3 is 2.89 bits per heavy atom. The first kappa shape index (κ1) is 10.6. The van der Waals surface area contributed by atoms with Gasteiger partial charge in [-0.2, -0.15) is 10.1 Å². The molecule has 0 atom stereocenters. The van der Waals surface area contributed by atoms with Crippen molar-refractivity contribution in [2.45, 2.75) is 0 Å². The maximum absolute atomic E-state index is 13.3. The van der Waals surface area contributed by atoms with Gasteiger partial charge in [0.15, 0.2) is 0 Å². The zero-order chi connectivity index (χ0) is 12.7. The Hall–Kier alpha value is -2.50. The largest absolute Gasteiger partial charge is 0.346 e. The average molecular weight is 244 g/mol. The number of aryl methyl sites for hydroxylation is 1. The number of nitrogens with zero attached hydrogens (tertiary/aromatic N) is 3. The van der Waals surface area contributed by atoms with Crippen molar-refractivity contribution in [1.29, 1.82) is 0 Å². The first-order valence-corrected chi connectivity index (χ1v) is 5.33. The van der Waals surface area contributed by atoms with Gasteiger partial charge in [-0.3, -0.25) is 4.68 Å². The van der Waals surface area contributed by atoms with Gasteiger partial charge in [0.1, 0.15) is 11.5 Å².